The van der Waals surface area contributed by atoms with Gasteiger partial charge < -0.3 is 14.7 Å². The summed E-state index contributed by atoms with van der Waals surface area (Å²) in [5.74, 6) is -2.19. The summed E-state index contributed by atoms with van der Waals surface area (Å²) in [7, 11) is 0. The number of halogens is 1. The molecule has 1 aliphatic heterocycles. The van der Waals surface area contributed by atoms with Gasteiger partial charge in [-0.1, -0.05) is 40.2 Å². The zero-order valence-corrected chi connectivity index (χ0v) is 20.8. The number of carbonyl (C=O) groups excluding carboxylic acids is 3. The average Bonchev–Trinajstić information content (AvgIpc) is 3.11. The number of Topliss-reactive ketones (excluding diaryl/α,β-unsaturated/α-hetero) is 1. The number of aliphatic hydroxyl groups excluding tert-OH is 1. The number of aromatic nitrogens is 1. The van der Waals surface area contributed by atoms with Gasteiger partial charge in [-0.05, 0) is 61.4 Å². The van der Waals surface area contributed by atoms with E-state index < -0.39 is 23.7 Å². The Balaban J connectivity index is 1.76. The Morgan fingerprint density at radius 2 is 1.80 bits per heavy atom. The van der Waals surface area contributed by atoms with Gasteiger partial charge in [-0.15, -0.1) is 0 Å². The fourth-order valence-electron chi connectivity index (χ4n) is 3.99. The zero-order chi connectivity index (χ0) is 25.1. The normalized spacial score (nSPS) is 17.0. The standard InChI is InChI=1S/C27H23BrN2O5/c1-3-35-27(34)18-9-7-17(8-10-18)15-30-23(21-6-4-5-13-29-21)22(25(32)26(30)33)24(31)19-11-12-20(28)16(2)14-19/h4-14,23,31H,3,15H2,1-2H3/b24-22-. The maximum absolute atomic E-state index is 13.2. The number of pyridine rings is 1. The number of benzene rings is 2. The maximum Gasteiger partial charge on any atom is 0.338 e. The summed E-state index contributed by atoms with van der Waals surface area (Å²) in [6, 6.07) is 16.2. The van der Waals surface area contributed by atoms with Gasteiger partial charge in [0.05, 0.1) is 23.4 Å². The molecular formula is C27H23BrN2O5. The van der Waals surface area contributed by atoms with Crippen molar-refractivity contribution in [3.8, 4) is 0 Å². The molecular weight excluding hydrogens is 512 g/mol. The van der Waals surface area contributed by atoms with Gasteiger partial charge in [0.1, 0.15) is 11.8 Å². The molecule has 0 spiro atoms. The van der Waals surface area contributed by atoms with E-state index in [2.05, 4.69) is 20.9 Å². The molecule has 8 heteroatoms. The van der Waals surface area contributed by atoms with Crippen LogP contribution >= 0.6 is 15.9 Å². The monoisotopic (exact) mass is 534 g/mol. The van der Waals surface area contributed by atoms with E-state index >= 15 is 0 Å². The summed E-state index contributed by atoms with van der Waals surface area (Å²) in [4.78, 5) is 44.0. The molecule has 178 valence electrons. The van der Waals surface area contributed by atoms with Gasteiger partial charge in [-0.3, -0.25) is 14.6 Å². The van der Waals surface area contributed by atoms with Gasteiger partial charge in [-0.2, -0.15) is 0 Å². The van der Waals surface area contributed by atoms with Crippen molar-refractivity contribution < 1.29 is 24.2 Å². The van der Waals surface area contributed by atoms with Crippen molar-refractivity contribution in [3.05, 3.63) is 105 Å². The minimum Gasteiger partial charge on any atom is -0.507 e. The Morgan fingerprint density at radius 1 is 1.09 bits per heavy atom. The summed E-state index contributed by atoms with van der Waals surface area (Å²) >= 11 is 3.44. The lowest BCUT2D eigenvalue weighted by molar-refractivity contribution is -0.140. The summed E-state index contributed by atoms with van der Waals surface area (Å²) in [6.45, 7) is 3.96. The summed E-state index contributed by atoms with van der Waals surface area (Å²) in [5.41, 5.74) is 2.86. The number of ketones is 1. The Hall–Kier alpha value is -3.78. The fourth-order valence-corrected chi connectivity index (χ4v) is 4.24. The maximum atomic E-state index is 13.2. The van der Waals surface area contributed by atoms with E-state index in [1.165, 1.54) is 4.90 Å². The lowest BCUT2D eigenvalue weighted by Gasteiger charge is -2.24. The van der Waals surface area contributed by atoms with Gasteiger partial charge in [-0.25, -0.2) is 4.79 Å². The fraction of sp³-hybridized carbons (Fsp3) is 0.185. The Kier molecular flexibility index (Phi) is 7.12. The third-order valence-corrected chi connectivity index (χ3v) is 6.65. The molecule has 2 aromatic carbocycles. The average molecular weight is 535 g/mol. The van der Waals surface area contributed by atoms with Gasteiger partial charge in [0.2, 0.25) is 0 Å². The molecule has 1 aromatic heterocycles. The van der Waals surface area contributed by atoms with Crippen LogP contribution in [-0.4, -0.2) is 39.3 Å². The van der Waals surface area contributed by atoms with Crippen molar-refractivity contribution in [1.82, 2.24) is 9.88 Å². The molecule has 1 unspecified atom stereocenters. The zero-order valence-electron chi connectivity index (χ0n) is 19.2. The SMILES string of the molecule is CCOC(=O)c1ccc(CN2C(=O)C(=O)/C(=C(\O)c3ccc(Br)c(C)c3)C2c2ccccn2)cc1. The first kappa shape index (κ1) is 24.3. The molecule has 1 N–H and O–H groups in total. The molecule has 0 bridgehead atoms. The number of likely N-dealkylation sites (tertiary alicyclic amines) is 1. The number of hydrogen-bond acceptors (Lipinski definition) is 6. The largest absolute Gasteiger partial charge is 0.507 e. The van der Waals surface area contributed by atoms with Crippen molar-refractivity contribution in [2.75, 3.05) is 6.61 Å². The molecule has 35 heavy (non-hydrogen) atoms. The smallest absolute Gasteiger partial charge is 0.338 e. The van der Waals surface area contributed by atoms with E-state index in [0.29, 0.717) is 22.4 Å². The number of aryl methyl sites for hydroxylation is 1. The molecule has 0 radical (unpaired) electrons. The molecule has 1 fully saturated rings. The quantitative estimate of drug-likeness (QED) is 0.208. The van der Waals surface area contributed by atoms with E-state index in [0.717, 1.165) is 10.0 Å². The number of amides is 1. The van der Waals surface area contributed by atoms with E-state index in [-0.39, 0.29) is 24.5 Å². The Bertz CT molecular complexity index is 1320. The van der Waals surface area contributed by atoms with Gasteiger partial charge >= 0.3 is 5.97 Å². The second kappa shape index (κ2) is 10.2. The number of aliphatic hydroxyl groups is 1. The molecule has 4 rings (SSSR count). The lowest BCUT2D eigenvalue weighted by Crippen LogP contribution is -2.29. The number of ether oxygens (including phenoxy) is 1. The minimum absolute atomic E-state index is 0.0152. The summed E-state index contributed by atoms with van der Waals surface area (Å²) in [6.07, 6.45) is 1.58. The van der Waals surface area contributed by atoms with Crippen molar-refractivity contribution in [3.63, 3.8) is 0 Å². The molecule has 2 heterocycles. The highest BCUT2D eigenvalue weighted by atomic mass is 79.9. The van der Waals surface area contributed by atoms with E-state index in [1.54, 1.807) is 73.8 Å². The summed E-state index contributed by atoms with van der Waals surface area (Å²) < 4.78 is 5.88. The predicted octanol–water partition coefficient (Wildman–Crippen LogP) is 4.95. The van der Waals surface area contributed by atoms with Crippen molar-refractivity contribution in [2.45, 2.75) is 26.4 Å². The van der Waals surface area contributed by atoms with Crippen LogP contribution in [0.5, 0.6) is 0 Å². The number of esters is 1. The molecule has 1 saturated heterocycles. The van der Waals surface area contributed by atoms with Crippen LogP contribution in [0.4, 0.5) is 0 Å². The first-order valence-electron chi connectivity index (χ1n) is 11.0. The molecule has 1 aliphatic rings. The van der Waals surface area contributed by atoms with E-state index in [4.69, 9.17) is 4.74 Å². The molecule has 7 nitrogen and oxygen atoms in total. The lowest BCUT2D eigenvalue weighted by atomic mass is 9.97. The molecule has 1 amide bonds. The van der Waals surface area contributed by atoms with Crippen LogP contribution in [0.15, 0.2) is 76.9 Å². The number of rotatable bonds is 6. The highest BCUT2D eigenvalue weighted by Gasteiger charge is 2.46. The molecule has 1 atom stereocenters. The molecule has 3 aromatic rings. The highest BCUT2D eigenvalue weighted by molar-refractivity contribution is 9.10. The molecule has 0 saturated carbocycles. The number of nitrogens with zero attached hydrogens (tertiary/aromatic N) is 2. The number of hydrogen-bond donors (Lipinski definition) is 1. The van der Waals surface area contributed by atoms with Crippen LogP contribution in [0.3, 0.4) is 0 Å². The molecule has 0 aliphatic carbocycles. The highest BCUT2D eigenvalue weighted by Crippen LogP contribution is 2.39. The van der Waals surface area contributed by atoms with Gasteiger partial charge in [0.15, 0.2) is 0 Å². The van der Waals surface area contributed by atoms with Crippen LogP contribution in [0.2, 0.25) is 0 Å². The number of carbonyl (C=O) groups is 3. The van der Waals surface area contributed by atoms with Crippen molar-refractivity contribution in [2.24, 2.45) is 0 Å². The Morgan fingerprint density at radius 3 is 2.43 bits per heavy atom. The summed E-state index contributed by atoms with van der Waals surface area (Å²) in [5, 5.41) is 11.2. The second-order valence-electron chi connectivity index (χ2n) is 8.06. The van der Waals surface area contributed by atoms with Gasteiger partial charge in [0, 0.05) is 22.8 Å². The van der Waals surface area contributed by atoms with Crippen molar-refractivity contribution >= 4 is 39.3 Å². The van der Waals surface area contributed by atoms with Crippen LogP contribution in [0.1, 0.15) is 45.7 Å². The van der Waals surface area contributed by atoms with Crippen LogP contribution in [0, 0.1) is 6.92 Å². The second-order valence-corrected chi connectivity index (χ2v) is 8.92. The van der Waals surface area contributed by atoms with E-state index in [9.17, 15) is 19.5 Å². The third-order valence-electron chi connectivity index (χ3n) is 5.76. The predicted molar refractivity (Wildman–Crippen MR) is 133 cm³/mol. The first-order valence-corrected chi connectivity index (χ1v) is 11.8. The van der Waals surface area contributed by atoms with Crippen LogP contribution in [-0.2, 0) is 20.9 Å². The van der Waals surface area contributed by atoms with E-state index in [1.807, 2.05) is 6.92 Å². The third kappa shape index (κ3) is 4.88. The van der Waals surface area contributed by atoms with Gasteiger partial charge in [0.25, 0.3) is 11.7 Å². The topological polar surface area (TPSA) is 96.8 Å². The first-order chi connectivity index (χ1) is 16.8. The Labute approximate surface area is 211 Å². The minimum atomic E-state index is -0.870. The van der Waals surface area contributed by atoms with Crippen LogP contribution in [0.25, 0.3) is 5.76 Å². The van der Waals surface area contributed by atoms with Crippen LogP contribution < -0.4 is 0 Å². The van der Waals surface area contributed by atoms with Crippen molar-refractivity contribution in [1.29, 1.82) is 0 Å².